The second-order valence-electron chi connectivity index (χ2n) is 6.26. The molecule has 0 N–H and O–H groups in total. The monoisotopic (exact) mass is 313 g/mol. The van der Waals surface area contributed by atoms with Crippen LogP contribution in [-0.2, 0) is 0 Å². The van der Waals surface area contributed by atoms with E-state index < -0.39 is 0 Å². The average Bonchev–Trinajstić information content (AvgIpc) is 3.04. The molecule has 3 heteroatoms. The van der Waals surface area contributed by atoms with Crippen LogP contribution >= 0.6 is 0 Å². The third-order valence-corrected chi connectivity index (χ3v) is 4.47. The van der Waals surface area contributed by atoms with Crippen molar-refractivity contribution in [1.29, 1.82) is 0 Å². The first-order chi connectivity index (χ1) is 11.6. The number of pyridine rings is 1. The molecule has 0 radical (unpaired) electrons. The van der Waals surface area contributed by atoms with Crippen LogP contribution in [0.25, 0.3) is 27.8 Å². The molecular weight excluding hydrogens is 294 g/mol. The van der Waals surface area contributed by atoms with Gasteiger partial charge in [0.1, 0.15) is 0 Å². The van der Waals surface area contributed by atoms with Crippen LogP contribution < -0.4 is 0 Å². The maximum absolute atomic E-state index is 4.80. The lowest BCUT2D eigenvalue weighted by Crippen LogP contribution is -1.99. The Morgan fingerprint density at radius 1 is 0.833 bits per heavy atom. The van der Waals surface area contributed by atoms with Gasteiger partial charge in [0.05, 0.1) is 23.1 Å². The maximum Gasteiger partial charge on any atom is 0.0744 e. The number of nitrogens with zero attached hydrogens (tertiary/aromatic N) is 3. The van der Waals surface area contributed by atoms with Gasteiger partial charge in [-0.25, -0.2) is 9.67 Å². The summed E-state index contributed by atoms with van der Waals surface area (Å²) in [6.45, 7) is 6.35. The molecule has 4 rings (SSSR count). The zero-order valence-electron chi connectivity index (χ0n) is 14.1. The fraction of sp³-hybridized carbons (Fsp3) is 0.143. The van der Waals surface area contributed by atoms with Crippen molar-refractivity contribution in [2.75, 3.05) is 0 Å². The lowest BCUT2D eigenvalue weighted by atomic mass is 10.1. The van der Waals surface area contributed by atoms with Crippen LogP contribution in [0, 0.1) is 20.8 Å². The predicted octanol–water partition coefficient (Wildman–Crippen LogP) is 5.01. The molecule has 0 bridgehead atoms. The van der Waals surface area contributed by atoms with Gasteiger partial charge in [0.25, 0.3) is 0 Å². The highest BCUT2D eigenvalue weighted by Gasteiger charge is 2.10. The molecule has 0 saturated carbocycles. The van der Waals surface area contributed by atoms with Gasteiger partial charge in [-0.2, -0.15) is 5.10 Å². The van der Waals surface area contributed by atoms with Gasteiger partial charge >= 0.3 is 0 Å². The molecule has 0 aliphatic rings. The van der Waals surface area contributed by atoms with Gasteiger partial charge in [0.2, 0.25) is 0 Å². The van der Waals surface area contributed by atoms with E-state index in [1.165, 1.54) is 22.1 Å². The third-order valence-electron chi connectivity index (χ3n) is 4.47. The normalized spacial score (nSPS) is 11.1. The van der Waals surface area contributed by atoms with Gasteiger partial charge in [-0.1, -0.05) is 36.4 Å². The van der Waals surface area contributed by atoms with Gasteiger partial charge in [-0.15, -0.1) is 0 Å². The van der Waals surface area contributed by atoms with Crippen molar-refractivity contribution in [3.8, 4) is 16.9 Å². The molecule has 0 spiro atoms. The Kier molecular flexibility index (Phi) is 3.42. The lowest BCUT2D eigenvalue weighted by Gasteiger charge is -2.09. The van der Waals surface area contributed by atoms with E-state index in [1.807, 2.05) is 16.9 Å². The summed E-state index contributed by atoms with van der Waals surface area (Å²) in [5.41, 5.74) is 7.82. The number of aryl methyl sites for hydroxylation is 3. The molecule has 24 heavy (non-hydrogen) atoms. The third kappa shape index (κ3) is 2.38. The molecule has 0 unspecified atom stereocenters. The minimum atomic E-state index is 0.962. The Morgan fingerprint density at radius 3 is 2.38 bits per heavy atom. The average molecular weight is 313 g/mol. The van der Waals surface area contributed by atoms with Gasteiger partial charge in [-0.3, -0.25) is 0 Å². The standard InChI is InChI=1S/C21H19N3/c1-14-7-6-8-15(2)21(14)24-13-17(12-22-24)20-11-16(3)18-9-4-5-10-19(18)23-20/h4-13H,1-3H3. The van der Waals surface area contributed by atoms with Gasteiger partial charge in [-0.05, 0) is 49.6 Å². The summed E-state index contributed by atoms with van der Waals surface area (Å²) in [7, 11) is 0. The Balaban J connectivity index is 1.84. The van der Waals surface area contributed by atoms with E-state index in [9.17, 15) is 0 Å². The fourth-order valence-electron chi connectivity index (χ4n) is 3.24. The zero-order chi connectivity index (χ0) is 16.7. The van der Waals surface area contributed by atoms with Crippen LogP contribution in [0.4, 0.5) is 0 Å². The molecule has 0 fully saturated rings. The minimum Gasteiger partial charge on any atom is -0.248 e. The van der Waals surface area contributed by atoms with E-state index in [-0.39, 0.29) is 0 Å². The van der Waals surface area contributed by atoms with E-state index in [0.717, 1.165) is 22.5 Å². The van der Waals surface area contributed by atoms with Gasteiger partial charge in [0, 0.05) is 17.1 Å². The van der Waals surface area contributed by atoms with Crippen molar-refractivity contribution in [2.24, 2.45) is 0 Å². The first-order valence-electron chi connectivity index (χ1n) is 8.11. The Bertz CT molecular complexity index is 1020. The number of benzene rings is 2. The van der Waals surface area contributed by atoms with E-state index >= 15 is 0 Å². The molecule has 0 aliphatic heterocycles. The number of hydrogen-bond acceptors (Lipinski definition) is 2. The van der Waals surface area contributed by atoms with Crippen molar-refractivity contribution >= 4 is 10.9 Å². The molecule has 3 nitrogen and oxygen atoms in total. The highest BCUT2D eigenvalue weighted by atomic mass is 15.3. The Morgan fingerprint density at radius 2 is 1.58 bits per heavy atom. The first kappa shape index (κ1) is 14.6. The molecule has 2 heterocycles. The van der Waals surface area contributed by atoms with E-state index in [2.05, 4.69) is 74.5 Å². The second kappa shape index (κ2) is 5.60. The largest absolute Gasteiger partial charge is 0.248 e. The summed E-state index contributed by atoms with van der Waals surface area (Å²) in [6.07, 6.45) is 3.95. The fourth-order valence-corrected chi connectivity index (χ4v) is 3.24. The van der Waals surface area contributed by atoms with Gasteiger partial charge < -0.3 is 0 Å². The highest BCUT2D eigenvalue weighted by Crippen LogP contribution is 2.26. The molecule has 0 aliphatic carbocycles. The van der Waals surface area contributed by atoms with Crippen LogP contribution in [0.5, 0.6) is 0 Å². The zero-order valence-corrected chi connectivity index (χ0v) is 14.1. The van der Waals surface area contributed by atoms with Crippen molar-refractivity contribution in [2.45, 2.75) is 20.8 Å². The maximum atomic E-state index is 4.80. The number of rotatable bonds is 2. The van der Waals surface area contributed by atoms with Crippen molar-refractivity contribution < 1.29 is 0 Å². The summed E-state index contributed by atoms with van der Waals surface area (Å²) < 4.78 is 1.95. The van der Waals surface area contributed by atoms with Crippen LogP contribution in [-0.4, -0.2) is 14.8 Å². The van der Waals surface area contributed by atoms with E-state index in [4.69, 9.17) is 4.98 Å². The SMILES string of the molecule is Cc1cccc(C)c1-n1cc(-c2cc(C)c3ccccc3n2)cn1. The van der Waals surface area contributed by atoms with Crippen molar-refractivity contribution in [1.82, 2.24) is 14.8 Å². The van der Waals surface area contributed by atoms with Gasteiger partial charge in [0.15, 0.2) is 0 Å². The topological polar surface area (TPSA) is 30.7 Å². The van der Waals surface area contributed by atoms with Crippen molar-refractivity contribution in [3.05, 3.63) is 77.6 Å². The van der Waals surface area contributed by atoms with E-state index in [0.29, 0.717) is 0 Å². The van der Waals surface area contributed by atoms with E-state index in [1.54, 1.807) is 0 Å². The molecule has 118 valence electrons. The number of para-hydroxylation sites is 2. The van der Waals surface area contributed by atoms with Crippen LogP contribution in [0.3, 0.4) is 0 Å². The number of aromatic nitrogens is 3. The van der Waals surface area contributed by atoms with Crippen molar-refractivity contribution in [3.63, 3.8) is 0 Å². The smallest absolute Gasteiger partial charge is 0.0744 e. The van der Waals surface area contributed by atoms with Crippen LogP contribution in [0.1, 0.15) is 16.7 Å². The molecule has 2 aromatic carbocycles. The first-order valence-corrected chi connectivity index (χ1v) is 8.11. The lowest BCUT2D eigenvalue weighted by molar-refractivity contribution is 0.865. The summed E-state index contributed by atoms with van der Waals surface area (Å²) in [4.78, 5) is 4.80. The number of hydrogen-bond donors (Lipinski definition) is 0. The minimum absolute atomic E-state index is 0.962. The molecule has 2 aromatic heterocycles. The number of fused-ring (bicyclic) bond motifs is 1. The quantitative estimate of drug-likeness (QED) is 0.520. The second-order valence-corrected chi connectivity index (χ2v) is 6.26. The predicted molar refractivity (Wildman–Crippen MR) is 98.5 cm³/mol. The summed E-state index contributed by atoms with van der Waals surface area (Å²) in [5, 5.41) is 5.77. The highest BCUT2D eigenvalue weighted by molar-refractivity contribution is 5.84. The van der Waals surface area contributed by atoms with Crippen LogP contribution in [0.2, 0.25) is 0 Å². The Hall–Kier alpha value is -2.94. The molecule has 4 aromatic rings. The summed E-state index contributed by atoms with van der Waals surface area (Å²) >= 11 is 0. The summed E-state index contributed by atoms with van der Waals surface area (Å²) in [6, 6.07) is 16.7. The molecular formula is C21H19N3. The Labute approximate surface area is 141 Å². The molecule has 0 saturated heterocycles. The molecule has 0 atom stereocenters. The van der Waals surface area contributed by atoms with Crippen LogP contribution in [0.15, 0.2) is 60.9 Å². The summed E-state index contributed by atoms with van der Waals surface area (Å²) in [5.74, 6) is 0. The molecule has 0 amide bonds.